The normalized spacial score (nSPS) is 23.2. The fraction of sp³-hybridized carbons (Fsp3) is 0.652. The van der Waals surface area contributed by atoms with Gasteiger partial charge in [-0.15, -0.1) is 0 Å². The highest BCUT2D eigenvalue weighted by molar-refractivity contribution is 7.89. The fourth-order valence-corrected chi connectivity index (χ4v) is 6.28. The monoisotopic (exact) mass is 463 g/mol. The average molecular weight is 464 g/mol. The lowest BCUT2D eigenvalue weighted by Crippen LogP contribution is -2.49. The van der Waals surface area contributed by atoms with Gasteiger partial charge in [0, 0.05) is 39.3 Å². The van der Waals surface area contributed by atoms with Crippen LogP contribution in [-0.2, 0) is 30.8 Å². The van der Waals surface area contributed by atoms with Crippen LogP contribution < -0.4 is 0 Å². The van der Waals surface area contributed by atoms with E-state index in [-0.39, 0.29) is 29.0 Å². The van der Waals surface area contributed by atoms with Gasteiger partial charge in [0.15, 0.2) is 0 Å². The highest BCUT2D eigenvalue weighted by atomic mass is 32.2. The standard InChI is InChI=1S/C23H33N3O5S/c27-22(25-10-4-5-20(18-25)23(28)24-13-15-31-16-14-24)17-19-6-8-21(9-7-19)32(29,30)26-11-2-1-3-12-26/h6-9,20H,1-5,10-18H2. The minimum absolute atomic E-state index is 0.0175. The summed E-state index contributed by atoms with van der Waals surface area (Å²) in [6.45, 7) is 4.65. The predicted octanol–water partition coefficient (Wildman–Crippen LogP) is 1.50. The number of ether oxygens (including phenoxy) is 1. The van der Waals surface area contributed by atoms with E-state index in [1.165, 1.54) is 0 Å². The van der Waals surface area contributed by atoms with E-state index in [0.29, 0.717) is 52.5 Å². The number of likely N-dealkylation sites (tertiary alicyclic amines) is 1. The van der Waals surface area contributed by atoms with Crippen LogP contribution in [0.1, 0.15) is 37.7 Å². The number of benzene rings is 1. The van der Waals surface area contributed by atoms with Crippen molar-refractivity contribution >= 4 is 21.8 Å². The molecule has 176 valence electrons. The number of carbonyl (C=O) groups is 2. The Bertz CT molecular complexity index is 906. The molecule has 0 saturated carbocycles. The molecule has 9 heteroatoms. The van der Waals surface area contributed by atoms with Gasteiger partial charge in [-0.25, -0.2) is 8.42 Å². The van der Waals surface area contributed by atoms with Gasteiger partial charge in [-0.3, -0.25) is 9.59 Å². The highest BCUT2D eigenvalue weighted by Gasteiger charge is 2.32. The van der Waals surface area contributed by atoms with Crippen molar-refractivity contribution in [2.45, 2.75) is 43.4 Å². The zero-order chi connectivity index (χ0) is 22.6. The molecule has 0 spiro atoms. The van der Waals surface area contributed by atoms with E-state index in [9.17, 15) is 18.0 Å². The molecule has 1 aromatic carbocycles. The van der Waals surface area contributed by atoms with Gasteiger partial charge < -0.3 is 14.5 Å². The number of hydrogen-bond donors (Lipinski definition) is 0. The first-order chi connectivity index (χ1) is 15.4. The molecule has 0 aromatic heterocycles. The number of nitrogens with zero attached hydrogens (tertiary/aromatic N) is 3. The van der Waals surface area contributed by atoms with Gasteiger partial charge in [0.1, 0.15) is 0 Å². The summed E-state index contributed by atoms with van der Waals surface area (Å²) in [7, 11) is -3.47. The molecular formula is C23H33N3O5S. The molecule has 3 heterocycles. The third-order valence-corrected chi connectivity index (χ3v) is 8.59. The first-order valence-electron chi connectivity index (χ1n) is 11.7. The van der Waals surface area contributed by atoms with E-state index in [1.807, 2.05) is 4.90 Å². The molecule has 32 heavy (non-hydrogen) atoms. The molecule has 4 rings (SSSR count). The Morgan fingerprint density at radius 3 is 2.25 bits per heavy atom. The summed E-state index contributed by atoms with van der Waals surface area (Å²) in [5.41, 5.74) is 0.786. The van der Waals surface area contributed by atoms with Crippen molar-refractivity contribution in [1.29, 1.82) is 0 Å². The Morgan fingerprint density at radius 1 is 0.875 bits per heavy atom. The average Bonchev–Trinajstić information content (AvgIpc) is 2.85. The second-order valence-corrected chi connectivity index (χ2v) is 10.8. The molecule has 1 aromatic rings. The van der Waals surface area contributed by atoms with Gasteiger partial charge in [-0.2, -0.15) is 4.31 Å². The molecule has 1 unspecified atom stereocenters. The first kappa shape index (κ1) is 23.2. The summed E-state index contributed by atoms with van der Waals surface area (Å²) in [6.07, 6.45) is 4.71. The molecule has 3 aliphatic heterocycles. The van der Waals surface area contributed by atoms with Gasteiger partial charge in [0.05, 0.1) is 30.4 Å². The van der Waals surface area contributed by atoms with Crippen molar-refractivity contribution in [2.24, 2.45) is 5.92 Å². The summed E-state index contributed by atoms with van der Waals surface area (Å²) in [6, 6.07) is 6.67. The Kier molecular flexibility index (Phi) is 7.48. The van der Waals surface area contributed by atoms with Crippen LogP contribution >= 0.6 is 0 Å². The molecule has 3 saturated heterocycles. The van der Waals surface area contributed by atoms with Crippen LogP contribution in [0.25, 0.3) is 0 Å². The molecular weight excluding hydrogens is 430 g/mol. The number of piperidine rings is 2. The Balaban J connectivity index is 1.34. The second-order valence-electron chi connectivity index (χ2n) is 8.90. The van der Waals surface area contributed by atoms with Crippen LogP contribution in [0.3, 0.4) is 0 Å². The van der Waals surface area contributed by atoms with Gasteiger partial charge in [-0.1, -0.05) is 18.6 Å². The summed E-state index contributed by atoms with van der Waals surface area (Å²) in [5.74, 6) is -0.0444. The molecule has 0 bridgehead atoms. The van der Waals surface area contributed by atoms with E-state index < -0.39 is 10.0 Å². The van der Waals surface area contributed by atoms with Crippen LogP contribution in [0.15, 0.2) is 29.2 Å². The van der Waals surface area contributed by atoms with E-state index in [2.05, 4.69) is 0 Å². The number of carbonyl (C=O) groups excluding carboxylic acids is 2. The summed E-state index contributed by atoms with van der Waals surface area (Å²) in [4.78, 5) is 29.6. The second kappa shape index (κ2) is 10.3. The lowest BCUT2D eigenvalue weighted by molar-refractivity contribution is -0.143. The van der Waals surface area contributed by atoms with Crippen molar-refractivity contribution < 1.29 is 22.7 Å². The Labute approximate surface area is 190 Å². The summed E-state index contributed by atoms with van der Waals surface area (Å²) in [5, 5.41) is 0. The van der Waals surface area contributed by atoms with Crippen molar-refractivity contribution in [2.75, 3.05) is 52.5 Å². The van der Waals surface area contributed by atoms with E-state index in [1.54, 1.807) is 33.5 Å². The lowest BCUT2D eigenvalue weighted by atomic mass is 9.95. The van der Waals surface area contributed by atoms with Crippen molar-refractivity contribution in [1.82, 2.24) is 14.1 Å². The Hall–Kier alpha value is -1.97. The van der Waals surface area contributed by atoms with Crippen molar-refractivity contribution in [3.05, 3.63) is 29.8 Å². The zero-order valence-electron chi connectivity index (χ0n) is 18.6. The van der Waals surface area contributed by atoms with Crippen LogP contribution in [0.2, 0.25) is 0 Å². The predicted molar refractivity (Wildman–Crippen MR) is 119 cm³/mol. The lowest BCUT2D eigenvalue weighted by Gasteiger charge is -2.36. The minimum Gasteiger partial charge on any atom is -0.378 e. The fourth-order valence-electron chi connectivity index (χ4n) is 4.77. The van der Waals surface area contributed by atoms with Gasteiger partial charge >= 0.3 is 0 Å². The molecule has 0 N–H and O–H groups in total. The molecule has 1 atom stereocenters. The topological polar surface area (TPSA) is 87.2 Å². The summed E-state index contributed by atoms with van der Waals surface area (Å²) >= 11 is 0. The highest BCUT2D eigenvalue weighted by Crippen LogP contribution is 2.23. The van der Waals surface area contributed by atoms with Crippen LogP contribution in [0.5, 0.6) is 0 Å². The van der Waals surface area contributed by atoms with Crippen LogP contribution in [0, 0.1) is 5.92 Å². The molecule has 0 radical (unpaired) electrons. The molecule has 0 aliphatic carbocycles. The van der Waals surface area contributed by atoms with E-state index >= 15 is 0 Å². The molecule has 3 fully saturated rings. The van der Waals surface area contributed by atoms with Gasteiger partial charge in [-0.05, 0) is 43.4 Å². The molecule has 3 aliphatic rings. The van der Waals surface area contributed by atoms with Crippen LogP contribution in [0.4, 0.5) is 0 Å². The minimum atomic E-state index is -3.47. The number of sulfonamides is 1. The SMILES string of the molecule is O=C(Cc1ccc(S(=O)(=O)N2CCCCC2)cc1)N1CCCC(C(=O)N2CCOCC2)C1. The maximum Gasteiger partial charge on any atom is 0.243 e. The number of morpholine rings is 1. The number of rotatable bonds is 5. The summed E-state index contributed by atoms with van der Waals surface area (Å²) < 4.78 is 32.5. The van der Waals surface area contributed by atoms with E-state index in [0.717, 1.165) is 37.7 Å². The quantitative estimate of drug-likeness (QED) is 0.661. The molecule has 2 amide bonds. The van der Waals surface area contributed by atoms with Gasteiger partial charge in [0.25, 0.3) is 0 Å². The maximum absolute atomic E-state index is 12.9. The van der Waals surface area contributed by atoms with Crippen molar-refractivity contribution in [3.63, 3.8) is 0 Å². The third kappa shape index (κ3) is 5.32. The van der Waals surface area contributed by atoms with Crippen molar-refractivity contribution in [3.8, 4) is 0 Å². The largest absolute Gasteiger partial charge is 0.378 e. The number of amides is 2. The molecule has 8 nitrogen and oxygen atoms in total. The Morgan fingerprint density at radius 2 is 1.56 bits per heavy atom. The third-order valence-electron chi connectivity index (χ3n) is 6.68. The van der Waals surface area contributed by atoms with Gasteiger partial charge in [0.2, 0.25) is 21.8 Å². The maximum atomic E-state index is 12.9. The zero-order valence-corrected chi connectivity index (χ0v) is 19.4. The van der Waals surface area contributed by atoms with E-state index in [4.69, 9.17) is 4.74 Å². The first-order valence-corrected chi connectivity index (χ1v) is 13.1. The van der Waals surface area contributed by atoms with Crippen LogP contribution in [-0.4, -0.2) is 86.8 Å². The smallest absolute Gasteiger partial charge is 0.243 e. The number of hydrogen-bond acceptors (Lipinski definition) is 5.